The number of hydrogen-bond donors (Lipinski definition) is 2. The molecule has 0 heterocycles. The predicted molar refractivity (Wildman–Crippen MR) is 98.6 cm³/mol. The van der Waals surface area contributed by atoms with Gasteiger partial charge in [-0.2, -0.15) is 0 Å². The highest BCUT2D eigenvalue weighted by Gasteiger charge is 2.06. The summed E-state index contributed by atoms with van der Waals surface area (Å²) in [5.74, 6) is 0.202. The smallest absolute Gasteiger partial charge is 0.195 e. The molecular formula is C19H23F2N3O2. The van der Waals surface area contributed by atoms with Crippen LogP contribution in [0, 0.1) is 11.6 Å². The van der Waals surface area contributed by atoms with Crippen LogP contribution in [-0.2, 0) is 11.3 Å². The second-order valence-corrected chi connectivity index (χ2v) is 5.51. The Morgan fingerprint density at radius 3 is 2.73 bits per heavy atom. The van der Waals surface area contributed by atoms with Gasteiger partial charge in [0.2, 0.25) is 0 Å². The van der Waals surface area contributed by atoms with E-state index >= 15 is 0 Å². The number of anilines is 1. The first-order valence-electron chi connectivity index (χ1n) is 8.26. The fraction of sp³-hybridized carbons (Fsp3) is 0.316. The molecule has 0 aromatic heterocycles. The van der Waals surface area contributed by atoms with E-state index in [0.29, 0.717) is 19.2 Å². The van der Waals surface area contributed by atoms with Crippen LogP contribution in [0.25, 0.3) is 0 Å². The number of aliphatic imine (C=N–C) groups is 1. The average molecular weight is 363 g/mol. The van der Waals surface area contributed by atoms with Crippen molar-refractivity contribution >= 4 is 11.6 Å². The maximum absolute atomic E-state index is 13.7. The number of halogens is 2. The average Bonchev–Trinajstić information content (AvgIpc) is 2.65. The van der Waals surface area contributed by atoms with Gasteiger partial charge in [-0.25, -0.2) is 8.78 Å². The van der Waals surface area contributed by atoms with E-state index in [1.807, 2.05) is 24.3 Å². The van der Waals surface area contributed by atoms with Crippen LogP contribution in [0.4, 0.5) is 14.5 Å². The molecule has 0 unspecified atom stereocenters. The molecule has 2 aromatic rings. The highest BCUT2D eigenvalue weighted by atomic mass is 19.1. The van der Waals surface area contributed by atoms with E-state index < -0.39 is 11.6 Å². The number of nitrogens with one attached hydrogen (secondary N) is 2. The fourth-order valence-electron chi connectivity index (χ4n) is 2.23. The van der Waals surface area contributed by atoms with Gasteiger partial charge in [0, 0.05) is 51.0 Å². The maximum atomic E-state index is 13.7. The summed E-state index contributed by atoms with van der Waals surface area (Å²) in [6.07, 6.45) is 0.802. The quantitative estimate of drug-likeness (QED) is 0.428. The first kappa shape index (κ1) is 19.7. The summed E-state index contributed by atoms with van der Waals surface area (Å²) in [4.78, 5) is 4.09. The fourth-order valence-corrected chi connectivity index (χ4v) is 2.23. The number of nitrogens with zero attached hydrogens (tertiary/aromatic N) is 1. The Labute approximate surface area is 152 Å². The van der Waals surface area contributed by atoms with Crippen LogP contribution >= 0.6 is 0 Å². The third kappa shape index (κ3) is 6.33. The molecule has 0 spiro atoms. The van der Waals surface area contributed by atoms with E-state index in [1.165, 1.54) is 0 Å². The SMILES string of the molecule is CN=C(NCc1cc(F)ccc1F)Nc1cccc(OCCCOC)c1. The number of guanidine groups is 1. The van der Waals surface area contributed by atoms with Gasteiger partial charge in [0.05, 0.1) is 6.61 Å². The van der Waals surface area contributed by atoms with Crippen molar-refractivity contribution in [3.63, 3.8) is 0 Å². The van der Waals surface area contributed by atoms with Crippen molar-refractivity contribution in [3.05, 3.63) is 59.7 Å². The molecule has 0 radical (unpaired) electrons. The summed E-state index contributed by atoms with van der Waals surface area (Å²) in [5, 5.41) is 6.05. The summed E-state index contributed by atoms with van der Waals surface area (Å²) >= 11 is 0. The van der Waals surface area contributed by atoms with E-state index in [0.717, 1.165) is 36.1 Å². The number of methoxy groups -OCH3 is 1. The van der Waals surface area contributed by atoms with Crippen molar-refractivity contribution in [1.29, 1.82) is 0 Å². The summed E-state index contributed by atoms with van der Waals surface area (Å²) in [6, 6.07) is 10.8. The van der Waals surface area contributed by atoms with Gasteiger partial charge in [-0.1, -0.05) is 6.07 Å². The molecule has 0 aliphatic rings. The van der Waals surface area contributed by atoms with Crippen molar-refractivity contribution in [2.45, 2.75) is 13.0 Å². The van der Waals surface area contributed by atoms with Gasteiger partial charge in [0.1, 0.15) is 17.4 Å². The summed E-state index contributed by atoms with van der Waals surface area (Å²) in [6.45, 7) is 1.31. The lowest BCUT2D eigenvalue weighted by atomic mass is 10.2. The normalized spacial score (nSPS) is 11.3. The molecule has 2 rings (SSSR count). The molecule has 0 aliphatic heterocycles. The summed E-state index contributed by atoms with van der Waals surface area (Å²) < 4.78 is 37.6. The molecule has 7 heteroatoms. The highest BCUT2D eigenvalue weighted by molar-refractivity contribution is 5.93. The molecule has 0 amide bonds. The Morgan fingerprint density at radius 1 is 1.12 bits per heavy atom. The van der Waals surface area contributed by atoms with E-state index in [2.05, 4.69) is 15.6 Å². The Hall–Kier alpha value is -2.67. The third-order valence-corrected chi connectivity index (χ3v) is 3.54. The van der Waals surface area contributed by atoms with Crippen LogP contribution in [-0.4, -0.2) is 33.3 Å². The Balaban J connectivity index is 1.92. The lowest BCUT2D eigenvalue weighted by molar-refractivity contribution is 0.172. The molecule has 2 aromatic carbocycles. The third-order valence-electron chi connectivity index (χ3n) is 3.54. The number of benzene rings is 2. The van der Waals surface area contributed by atoms with Gasteiger partial charge in [0.15, 0.2) is 5.96 Å². The Kier molecular flexibility index (Phi) is 7.82. The molecular weight excluding hydrogens is 340 g/mol. The van der Waals surface area contributed by atoms with Crippen LogP contribution in [0.15, 0.2) is 47.5 Å². The van der Waals surface area contributed by atoms with Crippen LogP contribution in [0.1, 0.15) is 12.0 Å². The molecule has 5 nitrogen and oxygen atoms in total. The van der Waals surface area contributed by atoms with E-state index in [1.54, 1.807) is 14.2 Å². The van der Waals surface area contributed by atoms with Crippen molar-refractivity contribution in [2.24, 2.45) is 4.99 Å². The molecule has 140 valence electrons. The van der Waals surface area contributed by atoms with Gasteiger partial charge >= 0.3 is 0 Å². The zero-order chi connectivity index (χ0) is 18.8. The number of ether oxygens (including phenoxy) is 2. The number of rotatable bonds is 8. The second-order valence-electron chi connectivity index (χ2n) is 5.51. The molecule has 0 atom stereocenters. The molecule has 0 saturated heterocycles. The molecule has 26 heavy (non-hydrogen) atoms. The van der Waals surface area contributed by atoms with E-state index in [-0.39, 0.29) is 12.1 Å². The lowest BCUT2D eigenvalue weighted by Gasteiger charge is -2.13. The van der Waals surface area contributed by atoms with Crippen LogP contribution in [0.2, 0.25) is 0 Å². The monoisotopic (exact) mass is 363 g/mol. The van der Waals surface area contributed by atoms with Crippen LogP contribution in [0.5, 0.6) is 5.75 Å². The molecule has 0 saturated carbocycles. The Bertz CT molecular complexity index is 738. The van der Waals surface area contributed by atoms with Gasteiger partial charge < -0.3 is 20.1 Å². The highest BCUT2D eigenvalue weighted by Crippen LogP contribution is 2.17. The molecule has 0 bridgehead atoms. The van der Waals surface area contributed by atoms with Gasteiger partial charge in [-0.15, -0.1) is 0 Å². The predicted octanol–water partition coefficient (Wildman–Crippen LogP) is 3.57. The maximum Gasteiger partial charge on any atom is 0.195 e. The van der Waals surface area contributed by atoms with E-state index in [4.69, 9.17) is 9.47 Å². The zero-order valence-corrected chi connectivity index (χ0v) is 14.9. The zero-order valence-electron chi connectivity index (χ0n) is 14.9. The van der Waals surface area contributed by atoms with E-state index in [9.17, 15) is 8.78 Å². The first-order valence-corrected chi connectivity index (χ1v) is 8.26. The molecule has 2 N–H and O–H groups in total. The minimum Gasteiger partial charge on any atom is -0.493 e. The standard InChI is InChI=1S/C19H23F2N3O2/c1-22-19(23-13-14-11-15(20)7-8-18(14)21)24-16-5-3-6-17(12-16)26-10-4-9-25-2/h3,5-8,11-12H,4,9-10,13H2,1-2H3,(H2,22,23,24). The van der Waals surface area contributed by atoms with Crippen LogP contribution in [0.3, 0.4) is 0 Å². The lowest BCUT2D eigenvalue weighted by Crippen LogP contribution is -2.30. The van der Waals surface area contributed by atoms with Crippen molar-refractivity contribution in [3.8, 4) is 5.75 Å². The van der Waals surface area contributed by atoms with Crippen molar-refractivity contribution < 1.29 is 18.3 Å². The minimum atomic E-state index is -0.482. The van der Waals surface area contributed by atoms with Crippen molar-refractivity contribution in [2.75, 3.05) is 32.7 Å². The van der Waals surface area contributed by atoms with Crippen molar-refractivity contribution in [1.82, 2.24) is 5.32 Å². The molecule has 0 aliphatic carbocycles. The van der Waals surface area contributed by atoms with Gasteiger partial charge in [0.25, 0.3) is 0 Å². The topological polar surface area (TPSA) is 54.9 Å². The van der Waals surface area contributed by atoms with Gasteiger partial charge in [-0.3, -0.25) is 4.99 Å². The molecule has 0 fully saturated rings. The largest absolute Gasteiger partial charge is 0.493 e. The second kappa shape index (κ2) is 10.4. The Morgan fingerprint density at radius 2 is 1.96 bits per heavy atom. The van der Waals surface area contributed by atoms with Gasteiger partial charge in [-0.05, 0) is 30.3 Å². The summed E-state index contributed by atoms with van der Waals surface area (Å²) in [5.41, 5.74) is 0.991. The first-order chi connectivity index (χ1) is 12.6. The minimum absolute atomic E-state index is 0.108. The summed E-state index contributed by atoms with van der Waals surface area (Å²) in [7, 11) is 3.25. The van der Waals surface area contributed by atoms with Crippen LogP contribution < -0.4 is 15.4 Å². The number of hydrogen-bond acceptors (Lipinski definition) is 3.